The van der Waals surface area contributed by atoms with Crippen molar-refractivity contribution in [2.45, 2.75) is 39.2 Å². The van der Waals surface area contributed by atoms with Crippen LogP contribution in [-0.2, 0) is 4.79 Å². The Balaban J connectivity index is 2.35. The van der Waals surface area contributed by atoms with E-state index in [4.69, 9.17) is 0 Å². The zero-order valence-electron chi connectivity index (χ0n) is 10.2. The van der Waals surface area contributed by atoms with Gasteiger partial charge in [0.1, 0.15) is 6.04 Å². The minimum Gasteiger partial charge on any atom is -0.480 e. The van der Waals surface area contributed by atoms with E-state index < -0.39 is 12.0 Å². The van der Waals surface area contributed by atoms with Gasteiger partial charge in [-0.1, -0.05) is 0 Å². The second-order valence-corrected chi connectivity index (χ2v) is 4.46. The lowest BCUT2D eigenvalue weighted by atomic mass is 10.0. The summed E-state index contributed by atoms with van der Waals surface area (Å²) in [7, 11) is 0. The summed E-state index contributed by atoms with van der Waals surface area (Å²) >= 11 is 0. The molecule has 1 aliphatic heterocycles. The first-order valence-corrected chi connectivity index (χ1v) is 5.89. The first kappa shape index (κ1) is 11.8. The van der Waals surface area contributed by atoms with Crippen LogP contribution in [0.4, 0.5) is 5.82 Å². The van der Waals surface area contributed by atoms with Gasteiger partial charge in [-0.3, -0.25) is 4.98 Å². The van der Waals surface area contributed by atoms with Gasteiger partial charge >= 0.3 is 5.97 Å². The summed E-state index contributed by atoms with van der Waals surface area (Å²) in [4.78, 5) is 21.8. The number of nitrogens with zero attached hydrogens (tertiary/aromatic N) is 3. The molecule has 2 heterocycles. The molecule has 2 rings (SSSR count). The molecule has 1 aromatic rings. The molecule has 0 spiro atoms. The molecule has 1 saturated heterocycles. The number of aryl methyl sites for hydroxylation is 2. The molecule has 0 amide bonds. The molecular weight excluding hydrogens is 218 g/mol. The first-order chi connectivity index (χ1) is 8.09. The van der Waals surface area contributed by atoms with Crippen molar-refractivity contribution >= 4 is 11.8 Å². The van der Waals surface area contributed by atoms with Gasteiger partial charge in [0.25, 0.3) is 0 Å². The average molecular weight is 235 g/mol. The van der Waals surface area contributed by atoms with Crippen LogP contribution in [0.25, 0.3) is 0 Å². The molecule has 0 saturated carbocycles. The molecule has 1 unspecified atom stereocenters. The Bertz CT molecular complexity index is 434. The van der Waals surface area contributed by atoms with Crippen molar-refractivity contribution in [1.82, 2.24) is 9.97 Å². The van der Waals surface area contributed by atoms with Crippen molar-refractivity contribution in [2.75, 3.05) is 11.4 Å². The predicted molar refractivity (Wildman–Crippen MR) is 64.1 cm³/mol. The number of aromatic nitrogens is 2. The lowest BCUT2D eigenvalue weighted by molar-refractivity contribution is -0.139. The van der Waals surface area contributed by atoms with Gasteiger partial charge in [-0.05, 0) is 33.1 Å². The van der Waals surface area contributed by atoms with Crippen LogP contribution in [-0.4, -0.2) is 33.6 Å². The average Bonchev–Trinajstić information content (AvgIpc) is 2.32. The standard InChI is InChI=1S/C12H17N3O2/c1-8-7-13-9(2)11(14-8)15-6-4-3-5-10(15)12(16)17/h7,10H,3-6H2,1-2H3,(H,16,17). The van der Waals surface area contributed by atoms with Gasteiger partial charge in [0, 0.05) is 12.7 Å². The molecule has 1 N–H and O–H groups in total. The summed E-state index contributed by atoms with van der Waals surface area (Å²) in [5.74, 6) is -0.0514. The number of hydrogen-bond acceptors (Lipinski definition) is 4. The van der Waals surface area contributed by atoms with Crippen molar-refractivity contribution in [1.29, 1.82) is 0 Å². The van der Waals surface area contributed by atoms with Crippen molar-refractivity contribution in [2.24, 2.45) is 0 Å². The molecule has 1 fully saturated rings. The van der Waals surface area contributed by atoms with E-state index in [9.17, 15) is 9.90 Å². The molecule has 92 valence electrons. The number of aliphatic carboxylic acids is 1. The molecule has 1 atom stereocenters. The number of carboxylic acid groups (broad SMARTS) is 1. The SMILES string of the molecule is Cc1cnc(C)c(N2CCCCC2C(=O)O)n1. The molecule has 1 aromatic heterocycles. The van der Waals surface area contributed by atoms with Crippen molar-refractivity contribution in [3.63, 3.8) is 0 Å². The number of carbonyl (C=O) groups is 1. The van der Waals surface area contributed by atoms with Crippen LogP contribution in [0.5, 0.6) is 0 Å². The first-order valence-electron chi connectivity index (χ1n) is 5.89. The van der Waals surface area contributed by atoms with Crippen LogP contribution in [0.1, 0.15) is 30.7 Å². The van der Waals surface area contributed by atoms with Crippen LogP contribution in [0.15, 0.2) is 6.20 Å². The Morgan fingerprint density at radius 1 is 1.47 bits per heavy atom. The van der Waals surface area contributed by atoms with E-state index in [1.165, 1.54) is 0 Å². The topological polar surface area (TPSA) is 66.3 Å². The lowest BCUT2D eigenvalue weighted by Gasteiger charge is -2.34. The van der Waals surface area contributed by atoms with Crippen molar-refractivity contribution < 1.29 is 9.90 Å². The Kier molecular flexibility index (Phi) is 3.26. The van der Waals surface area contributed by atoms with E-state index >= 15 is 0 Å². The third kappa shape index (κ3) is 2.38. The highest BCUT2D eigenvalue weighted by Crippen LogP contribution is 2.25. The van der Waals surface area contributed by atoms with Gasteiger partial charge in [-0.15, -0.1) is 0 Å². The van der Waals surface area contributed by atoms with Gasteiger partial charge in [-0.25, -0.2) is 9.78 Å². The minimum atomic E-state index is -0.771. The molecular formula is C12H17N3O2. The summed E-state index contributed by atoms with van der Waals surface area (Å²) < 4.78 is 0. The van der Waals surface area contributed by atoms with Gasteiger partial charge in [0.15, 0.2) is 5.82 Å². The number of rotatable bonds is 2. The minimum absolute atomic E-state index is 0.460. The molecule has 0 aliphatic carbocycles. The maximum Gasteiger partial charge on any atom is 0.326 e. The Labute approximate surface area is 100 Å². The van der Waals surface area contributed by atoms with Gasteiger partial charge in [0.05, 0.1) is 11.4 Å². The number of anilines is 1. The van der Waals surface area contributed by atoms with Crippen LogP contribution in [0.2, 0.25) is 0 Å². The monoisotopic (exact) mass is 235 g/mol. The quantitative estimate of drug-likeness (QED) is 0.842. The fraction of sp³-hybridized carbons (Fsp3) is 0.583. The zero-order valence-corrected chi connectivity index (χ0v) is 10.2. The van der Waals surface area contributed by atoms with E-state index in [0.717, 1.165) is 36.6 Å². The molecule has 5 nitrogen and oxygen atoms in total. The summed E-state index contributed by atoms with van der Waals surface area (Å²) in [6.45, 7) is 4.49. The highest BCUT2D eigenvalue weighted by Gasteiger charge is 2.30. The van der Waals surface area contributed by atoms with Crippen molar-refractivity contribution in [3.8, 4) is 0 Å². The van der Waals surface area contributed by atoms with Crippen molar-refractivity contribution in [3.05, 3.63) is 17.6 Å². The molecule has 1 aliphatic rings. The van der Waals surface area contributed by atoms with E-state index in [1.54, 1.807) is 6.20 Å². The maximum absolute atomic E-state index is 11.2. The van der Waals surface area contributed by atoms with Gasteiger partial charge < -0.3 is 10.0 Å². The zero-order chi connectivity index (χ0) is 12.4. The van der Waals surface area contributed by atoms with E-state index in [1.807, 2.05) is 18.7 Å². The fourth-order valence-corrected chi connectivity index (χ4v) is 2.24. The highest BCUT2D eigenvalue weighted by atomic mass is 16.4. The van der Waals surface area contributed by atoms with E-state index in [0.29, 0.717) is 6.42 Å². The van der Waals surface area contributed by atoms with Gasteiger partial charge in [0.2, 0.25) is 0 Å². The van der Waals surface area contributed by atoms with Crippen LogP contribution < -0.4 is 4.90 Å². The summed E-state index contributed by atoms with van der Waals surface area (Å²) in [5, 5.41) is 9.24. The summed E-state index contributed by atoms with van der Waals surface area (Å²) in [5.41, 5.74) is 1.61. The number of piperidine rings is 1. The number of hydrogen-bond donors (Lipinski definition) is 1. The molecule has 0 bridgehead atoms. The second kappa shape index (κ2) is 4.69. The number of carboxylic acids is 1. The Hall–Kier alpha value is -1.65. The van der Waals surface area contributed by atoms with Crippen LogP contribution in [0.3, 0.4) is 0 Å². The maximum atomic E-state index is 11.2. The normalized spacial score (nSPS) is 20.4. The Morgan fingerprint density at radius 3 is 2.94 bits per heavy atom. The fourth-order valence-electron chi connectivity index (χ4n) is 2.24. The Morgan fingerprint density at radius 2 is 2.24 bits per heavy atom. The van der Waals surface area contributed by atoms with Crippen LogP contribution in [0, 0.1) is 13.8 Å². The highest BCUT2D eigenvalue weighted by molar-refractivity contribution is 5.78. The summed E-state index contributed by atoms with van der Waals surface area (Å²) in [6, 6.07) is -0.460. The van der Waals surface area contributed by atoms with Crippen LogP contribution >= 0.6 is 0 Å². The molecule has 17 heavy (non-hydrogen) atoms. The molecule has 0 aromatic carbocycles. The lowest BCUT2D eigenvalue weighted by Crippen LogP contribution is -2.45. The largest absolute Gasteiger partial charge is 0.480 e. The molecule has 0 radical (unpaired) electrons. The second-order valence-electron chi connectivity index (χ2n) is 4.46. The molecule has 5 heteroatoms. The third-order valence-corrected chi connectivity index (χ3v) is 3.11. The van der Waals surface area contributed by atoms with E-state index in [2.05, 4.69) is 9.97 Å². The third-order valence-electron chi connectivity index (χ3n) is 3.11. The van der Waals surface area contributed by atoms with E-state index in [-0.39, 0.29) is 0 Å². The smallest absolute Gasteiger partial charge is 0.326 e. The van der Waals surface area contributed by atoms with Gasteiger partial charge in [-0.2, -0.15) is 0 Å². The summed E-state index contributed by atoms with van der Waals surface area (Å²) in [6.07, 6.45) is 4.37. The predicted octanol–water partition coefficient (Wildman–Crippen LogP) is 1.54.